The predicted molar refractivity (Wildman–Crippen MR) is 87.9 cm³/mol. The second-order valence-corrected chi connectivity index (χ2v) is 6.05. The van der Waals surface area contributed by atoms with E-state index in [1.165, 1.54) is 16.7 Å². The number of aryl methyl sites for hydroxylation is 1. The average molecular weight is 333 g/mol. The van der Waals surface area contributed by atoms with E-state index in [4.69, 9.17) is 0 Å². The van der Waals surface area contributed by atoms with Crippen LogP contribution < -0.4 is 5.32 Å². The summed E-state index contributed by atoms with van der Waals surface area (Å²) in [6.45, 7) is 5.31. The molecule has 0 aliphatic carbocycles. The van der Waals surface area contributed by atoms with Crippen molar-refractivity contribution in [3.8, 4) is 0 Å². The Labute approximate surface area is 129 Å². The topological polar surface area (TPSA) is 24.9 Å². The third kappa shape index (κ3) is 4.43. The van der Waals surface area contributed by atoms with Crippen LogP contribution in [0.2, 0.25) is 0 Å². The lowest BCUT2D eigenvalue weighted by Crippen LogP contribution is -2.24. The number of nitrogens with one attached hydrogen (secondary N) is 1. The van der Waals surface area contributed by atoms with Crippen molar-refractivity contribution < 1.29 is 0 Å². The summed E-state index contributed by atoms with van der Waals surface area (Å²) < 4.78 is 1.12. The highest BCUT2D eigenvalue weighted by molar-refractivity contribution is 9.10. The summed E-state index contributed by atoms with van der Waals surface area (Å²) in [6.07, 6.45) is 5.99. The van der Waals surface area contributed by atoms with Crippen LogP contribution in [0.3, 0.4) is 0 Å². The van der Waals surface area contributed by atoms with Gasteiger partial charge in [0, 0.05) is 22.9 Å². The summed E-state index contributed by atoms with van der Waals surface area (Å²) in [5, 5.41) is 3.62. The standard InChI is InChI=1S/C17H21BrN2/c1-3-8-20-17(15-9-13(2)11-19-12-15)10-14-4-6-16(18)7-5-14/h4-7,9,11-12,17,20H,3,8,10H2,1-2H3. The van der Waals surface area contributed by atoms with Crippen LogP contribution >= 0.6 is 15.9 Å². The fourth-order valence-electron chi connectivity index (χ4n) is 2.25. The van der Waals surface area contributed by atoms with Gasteiger partial charge in [0.25, 0.3) is 0 Å². The maximum Gasteiger partial charge on any atom is 0.0376 e. The molecule has 20 heavy (non-hydrogen) atoms. The van der Waals surface area contributed by atoms with Crippen LogP contribution in [-0.2, 0) is 6.42 Å². The summed E-state index contributed by atoms with van der Waals surface area (Å²) in [5.41, 5.74) is 3.81. The molecule has 2 aromatic rings. The molecule has 1 aromatic heterocycles. The lowest BCUT2D eigenvalue weighted by atomic mass is 9.99. The molecular formula is C17H21BrN2. The van der Waals surface area contributed by atoms with Crippen molar-refractivity contribution in [1.29, 1.82) is 0 Å². The average Bonchev–Trinajstić information content (AvgIpc) is 2.45. The molecule has 0 saturated heterocycles. The molecule has 2 rings (SSSR count). The van der Waals surface area contributed by atoms with Crippen LogP contribution in [0, 0.1) is 6.92 Å². The van der Waals surface area contributed by atoms with E-state index < -0.39 is 0 Å². The maximum atomic E-state index is 4.32. The lowest BCUT2D eigenvalue weighted by Gasteiger charge is -2.19. The van der Waals surface area contributed by atoms with Crippen LogP contribution in [0.25, 0.3) is 0 Å². The van der Waals surface area contributed by atoms with Gasteiger partial charge in [-0.1, -0.05) is 41.1 Å². The fourth-order valence-corrected chi connectivity index (χ4v) is 2.52. The van der Waals surface area contributed by atoms with Crippen molar-refractivity contribution in [2.75, 3.05) is 6.54 Å². The van der Waals surface area contributed by atoms with Crippen LogP contribution in [0.5, 0.6) is 0 Å². The molecular weight excluding hydrogens is 312 g/mol. The van der Waals surface area contributed by atoms with E-state index in [0.717, 1.165) is 23.9 Å². The van der Waals surface area contributed by atoms with Crippen molar-refractivity contribution in [2.45, 2.75) is 32.7 Å². The maximum absolute atomic E-state index is 4.32. The van der Waals surface area contributed by atoms with Gasteiger partial charge in [0.2, 0.25) is 0 Å². The minimum absolute atomic E-state index is 0.323. The number of pyridine rings is 1. The molecule has 1 unspecified atom stereocenters. The van der Waals surface area contributed by atoms with Gasteiger partial charge in [0.1, 0.15) is 0 Å². The summed E-state index contributed by atoms with van der Waals surface area (Å²) >= 11 is 3.48. The molecule has 0 fully saturated rings. The van der Waals surface area contributed by atoms with Gasteiger partial charge >= 0.3 is 0 Å². The monoisotopic (exact) mass is 332 g/mol. The molecule has 0 spiro atoms. The third-order valence-electron chi connectivity index (χ3n) is 3.29. The number of nitrogens with zero attached hydrogens (tertiary/aromatic N) is 1. The second kappa shape index (κ2) is 7.55. The van der Waals surface area contributed by atoms with Crippen molar-refractivity contribution >= 4 is 15.9 Å². The molecule has 2 nitrogen and oxygen atoms in total. The normalized spacial score (nSPS) is 12.3. The third-order valence-corrected chi connectivity index (χ3v) is 3.82. The molecule has 0 amide bonds. The number of aromatic nitrogens is 1. The molecule has 1 heterocycles. The van der Waals surface area contributed by atoms with E-state index in [1.807, 2.05) is 12.4 Å². The van der Waals surface area contributed by atoms with Gasteiger partial charge in [0.05, 0.1) is 0 Å². The first-order valence-electron chi connectivity index (χ1n) is 7.08. The number of hydrogen-bond donors (Lipinski definition) is 1. The van der Waals surface area contributed by atoms with Crippen molar-refractivity contribution in [1.82, 2.24) is 10.3 Å². The van der Waals surface area contributed by atoms with Crippen molar-refractivity contribution in [2.24, 2.45) is 0 Å². The first-order valence-corrected chi connectivity index (χ1v) is 7.87. The smallest absolute Gasteiger partial charge is 0.0376 e. The molecule has 3 heteroatoms. The summed E-state index contributed by atoms with van der Waals surface area (Å²) in [7, 11) is 0. The first kappa shape index (κ1) is 15.2. The molecule has 0 aliphatic rings. The van der Waals surface area contributed by atoms with Crippen molar-refractivity contribution in [3.05, 3.63) is 63.9 Å². The van der Waals surface area contributed by atoms with Crippen LogP contribution in [-0.4, -0.2) is 11.5 Å². The zero-order valence-electron chi connectivity index (χ0n) is 12.1. The van der Waals surface area contributed by atoms with Crippen molar-refractivity contribution in [3.63, 3.8) is 0 Å². The Morgan fingerprint density at radius 3 is 2.60 bits per heavy atom. The highest BCUT2D eigenvalue weighted by Crippen LogP contribution is 2.20. The van der Waals surface area contributed by atoms with E-state index in [2.05, 4.69) is 70.4 Å². The van der Waals surface area contributed by atoms with Gasteiger partial charge in [-0.3, -0.25) is 4.98 Å². The second-order valence-electron chi connectivity index (χ2n) is 5.13. The molecule has 0 bridgehead atoms. The van der Waals surface area contributed by atoms with Gasteiger partial charge < -0.3 is 5.32 Å². The van der Waals surface area contributed by atoms with E-state index in [1.54, 1.807) is 0 Å². The zero-order valence-corrected chi connectivity index (χ0v) is 13.7. The Morgan fingerprint density at radius 1 is 1.20 bits per heavy atom. The van der Waals surface area contributed by atoms with Crippen LogP contribution in [0.1, 0.15) is 36.1 Å². The van der Waals surface area contributed by atoms with Gasteiger partial charge in [-0.15, -0.1) is 0 Å². The Balaban J connectivity index is 2.16. The highest BCUT2D eigenvalue weighted by Gasteiger charge is 2.12. The van der Waals surface area contributed by atoms with E-state index in [9.17, 15) is 0 Å². The molecule has 0 saturated carbocycles. The zero-order chi connectivity index (χ0) is 14.4. The fraction of sp³-hybridized carbons (Fsp3) is 0.353. The van der Waals surface area contributed by atoms with Gasteiger partial charge in [-0.25, -0.2) is 0 Å². The molecule has 0 aliphatic heterocycles. The highest BCUT2D eigenvalue weighted by atomic mass is 79.9. The Kier molecular flexibility index (Phi) is 5.74. The van der Waals surface area contributed by atoms with Gasteiger partial charge in [0.15, 0.2) is 0 Å². The molecule has 106 valence electrons. The van der Waals surface area contributed by atoms with E-state index in [0.29, 0.717) is 6.04 Å². The van der Waals surface area contributed by atoms with E-state index >= 15 is 0 Å². The minimum atomic E-state index is 0.323. The minimum Gasteiger partial charge on any atom is -0.310 e. The molecule has 1 atom stereocenters. The van der Waals surface area contributed by atoms with E-state index in [-0.39, 0.29) is 0 Å². The molecule has 0 radical (unpaired) electrons. The number of hydrogen-bond acceptors (Lipinski definition) is 2. The van der Waals surface area contributed by atoms with Gasteiger partial charge in [-0.2, -0.15) is 0 Å². The largest absolute Gasteiger partial charge is 0.310 e. The summed E-state index contributed by atoms with van der Waals surface area (Å²) in [5.74, 6) is 0. The first-order chi connectivity index (χ1) is 9.69. The summed E-state index contributed by atoms with van der Waals surface area (Å²) in [6, 6.07) is 11.1. The quantitative estimate of drug-likeness (QED) is 0.846. The van der Waals surface area contributed by atoms with Gasteiger partial charge in [-0.05, 0) is 55.1 Å². The SMILES string of the molecule is CCCNC(Cc1ccc(Br)cc1)c1cncc(C)c1. The Morgan fingerprint density at radius 2 is 1.95 bits per heavy atom. The predicted octanol–water partition coefficient (Wildman–Crippen LogP) is 4.44. The van der Waals surface area contributed by atoms with Crippen LogP contribution in [0.4, 0.5) is 0 Å². The number of halogens is 1. The molecule has 1 aromatic carbocycles. The molecule has 1 N–H and O–H groups in total. The Hall–Kier alpha value is -1.19. The number of benzene rings is 1. The Bertz CT molecular complexity index is 537. The van der Waals surface area contributed by atoms with Crippen LogP contribution in [0.15, 0.2) is 47.2 Å². The lowest BCUT2D eigenvalue weighted by molar-refractivity contribution is 0.527. The summed E-state index contributed by atoms with van der Waals surface area (Å²) in [4.78, 5) is 4.32. The number of rotatable bonds is 6.